The standard InChI is InChI=1S/C23H29NO4/c1-23(2,3)28-21(25)18-27-17-16-26-15-14-24-22(19-10-6-4-7-11-19)20-12-8-5-9-13-20/h4-13H,14-18H2,1-3H3. The van der Waals surface area contributed by atoms with Crippen molar-refractivity contribution in [2.24, 2.45) is 4.99 Å². The number of hydrogen-bond donors (Lipinski definition) is 0. The minimum atomic E-state index is -0.496. The fourth-order valence-electron chi connectivity index (χ4n) is 2.51. The molecule has 0 bridgehead atoms. The second-order valence-corrected chi connectivity index (χ2v) is 7.21. The molecule has 0 radical (unpaired) electrons. The molecule has 0 unspecified atom stereocenters. The number of nitrogens with zero attached hydrogens (tertiary/aromatic N) is 1. The highest BCUT2D eigenvalue weighted by atomic mass is 16.6. The van der Waals surface area contributed by atoms with E-state index in [1.54, 1.807) is 0 Å². The minimum absolute atomic E-state index is 0.0645. The lowest BCUT2D eigenvalue weighted by Gasteiger charge is -2.19. The molecule has 0 N–H and O–H groups in total. The average Bonchev–Trinajstić information content (AvgIpc) is 2.67. The van der Waals surface area contributed by atoms with Crippen LogP contribution in [0.15, 0.2) is 65.7 Å². The SMILES string of the molecule is CC(C)(C)OC(=O)COCCOCCN=C(c1ccccc1)c1ccccc1. The molecule has 2 rings (SSSR count). The molecular weight excluding hydrogens is 354 g/mol. The number of aliphatic imine (C=N–C) groups is 1. The van der Waals surface area contributed by atoms with Crippen LogP contribution < -0.4 is 0 Å². The fraction of sp³-hybridized carbons (Fsp3) is 0.391. The molecule has 0 aliphatic rings. The third kappa shape index (κ3) is 8.46. The van der Waals surface area contributed by atoms with E-state index in [0.717, 1.165) is 16.8 Å². The van der Waals surface area contributed by atoms with E-state index < -0.39 is 5.60 Å². The van der Waals surface area contributed by atoms with Crippen molar-refractivity contribution >= 4 is 11.7 Å². The Balaban J connectivity index is 1.73. The van der Waals surface area contributed by atoms with Gasteiger partial charge in [0.15, 0.2) is 0 Å². The molecule has 28 heavy (non-hydrogen) atoms. The van der Waals surface area contributed by atoms with Crippen molar-refractivity contribution in [3.05, 3.63) is 71.8 Å². The highest BCUT2D eigenvalue weighted by Gasteiger charge is 2.15. The van der Waals surface area contributed by atoms with Crippen LogP contribution in [0.2, 0.25) is 0 Å². The van der Waals surface area contributed by atoms with E-state index in [-0.39, 0.29) is 12.6 Å². The Labute approximate surface area is 167 Å². The smallest absolute Gasteiger partial charge is 0.332 e. The lowest BCUT2D eigenvalue weighted by atomic mass is 10.0. The first-order chi connectivity index (χ1) is 13.5. The van der Waals surface area contributed by atoms with Gasteiger partial charge in [0.2, 0.25) is 0 Å². The highest BCUT2D eigenvalue weighted by Crippen LogP contribution is 2.11. The van der Waals surface area contributed by atoms with Crippen molar-refractivity contribution < 1.29 is 19.0 Å². The molecule has 5 heteroatoms. The maximum Gasteiger partial charge on any atom is 0.332 e. The van der Waals surface area contributed by atoms with Crippen LogP contribution in [0.5, 0.6) is 0 Å². The zero-order valence-corrected chi connectivity index (χ0v) is 16.9. The van der Waals surface area contributed by atoms with Crippen LogP contribution >= 0.6 is 0 Å². The van der Waals surface area contributed by atoms with Crippen molar-refractivity contribution in [2.75, 3.05) is 33.0 Å². The number of carbonyl (C=O) groups is 1. The first kappa shape index (κ1) is 21.8. The molecule has 150 valence electrons. The summed E-state index contributed by atoms with van der Waals surface area (Å²) in [5, 5.41) is 0. The van der Waals surface area contributed by atoms with Gasteiger partial charge in [-0.1, -0.05) is 60.7 Å². The Morgan fingerprint density at radius 2 is 1.36 bits per heavy atom. The normalized spacial score (nSPS) is 11.1. The van der Waals surface area contributed by atoms with Gasteiger partial charge in [0, 0.05) is 11.1 Å². The van der Waals surface area contributed by atoms with Crippen molar-refractivity contribution in [3.63, 3.8) is 0 Å². The van der Waals surface area contributed by atoms with Gasteiger partial charge in [-0.2, -0.15) is 0 Å². The summed E-state index contributed by atoms with van der Waals surface area (Å²) in [4.78, 5) is 16.3. The molecule has 0 amide bonds. The third-order valence-electron chi connectivity index (χ3n) is 3.61. The van der Waals surface area contributed by atoms with Crippen molar-refractivity contribution in [3.8, 4) is 0 Å². The Morgan fingerprint density at radius 3 is 1.89 bits per heavy atom. The Morgan fingerprint density at radius 1 is 0.821 bits per heavy atom. The number of esters is 1. The summed E-state index contributed by atoms with van der Waals surface area (Å²) >= 11 is 0. The van der Waals surface area contributed by atoms with Crippen molar-refractivity contribution in [1.82, 2.24) is 0 Å². The van der Waals surface area contributed by atoms with E-state index in [0.29, 0.717) is 26.4 Å². The maximum atomic E-state index is 11.5. The van der Waals surface area contributed by atoms with Gasteiger partial charge in [-0.15, -0.1) is 0 Å². The first-order valence-electron chi connectivity index (χ1n) is 9.48. The maximum absolute atomic E-state index is 11.5. The molecule has 5 nitrogen and oxygen atoms in total. The molecule has 0 aliphatic heterocycles. The quantitative estimate of drug-likeness (QED) is 0.355. The van der Waals surface area contributed by atoms with Gasteiger partial charge in [0.1, 0.15) is 12.2 Å². The molecule has 0 atom stereocenters. The molecule has 0 fully saturated rings. The summed E-state index contributed by atoms with van der Waals surface area (Å²) in [6.45, 7) is 7.20. The van der Waals surface area contributed by atoms with Crippen molar-refractivity contribution in [2.45, 2.75) is 26.4 Å². The zero-order valence-electron chi connectivity index (χ0n) is 16.9. The lowest BCUT2D eigenvalue weighted by molar-refractivity contribution is -0.160. The van der Waals surface area contributed by atoms with Gasteiger partial charge in [-0.25, -0.2) is 4.79 Å². The largest absolute Gasteiger partial charge is 0.458 e. The third-order valence-corrected chi connectivity index (χ3v) is 3.61. The summed E-state index contributed by atoms with van der Waals surface area (Å²) in [6, 6.07) is 20.2. The monoisotopic (exact) mass is 383 g/mol. The summed E-state index contributed by atoms with van der Waals surface area (Å²) in [5.41, 5.74) is 2.61. The number of ether oxygens (including phenoxy) is 3. The van der Waals surface area contributed by atoms with Gasteiger partial charge in [-0.05, 0) is 20.8 Å². The average molecular weight is 383 g/mol. The van der Waals surface area contributed by atoms with Gasteiger partial charge in [0.25, 0.3) is 0 Å². The predicted octanol–water partition coefficient (Wildman–Crippen LogP) is 3.90. The van der Waals surface area contributed by atoms with E-state index in [1.807, 2.05) is 57.2 Å². The van der Waals surface area contributed by atoms with E-state index in [2.05, 4.69) is 24.3 Å². The van der Waals surface area contributed by atoms with Crippen LogP contribution in [-0.4, -0.2) is 50.3 Å². The van der Waals surface area contributed by atoms with E-state index in [1.165, 1.54) is 0 Å². The summed E-state index contributed by atoms with van der Waals surface area (Å²) in [7, 11) is 0. The van der Waals surface area contributed by atoms with Crippen LogP contribution in [0.3, 0.4) is 0 Å². The Bertz CT molecular complexity index is 695. The molecular formula is C23H29NO4. The summed E-state index contributed by atoms with van der Waals surface area (Å²) < 4.78 is 16.0. The number of benzene rings is 2. The van der Waals surface area contributed by atoms with Crippen LogP contribution in [0.1, 0.15) is 31.9 Å². The predicted molar refractivity (Wildman–Crippen MR) is 111 cm³/mol. The first-order valence-corrected chi connectivity index (χ1v) is 9.48. The van der Waals surface area contributed by atoms with E-state index >= 15 is 0 Å². The fourth-order valence-corrected chi connectivity index (χ4v) is 2.51. The van der Waals surface area contributed by atoms with Crippen LogP contribution in [0, 0.1) is 0 Å². The van der Waals surface area contributed by atoms with Gasteiger partial charge in [-0.3, -0.25) is 4.99 Å². The molecule has 0 aliphatic carbocycles. The second-order valence-electron chi connectivity index (χ2n) is 7.21. The van der Waals surface area contributed by atoms with Crippen LogP contribution in [0.4, 0.5) is 0 Å². The van der Waals surface area contributed by atoms with Crippen LogP contribution in [0.25, 0.3) is 0 Å². The topological polar surface area (TPSA) is 57.1 Å². The van der Waals surface area contributed by atoms with Crippen molar-refractivity contribution in [1.29, 1.82) is 0 Å². The van der Waals surface area contributed by atoms with Gasteiger partial charge >= 0.3 is 5.97 Å². The van der Waals surface area contributed by atoms with E-state index in [9.17, 15) is 4.79 Å². The van der Waals surface area contributed by atoms with Gasteiger partial charge in [0.05, 0.1) is 32.1 Å². The number of hydrogen-bond acceptors (Lipinski definition) is 5. The summed E-state index contributed by atoms with van der Waals surface area (Å²) in [6.07, 6.45) is 0. The van der Waals surface area contributed by atoms with Gasteiger partial charge < -0.3 is 14.2 Å². The molecule has 0 spiro atoms. The lowest BCUT2D eigenvalue weighted by Crippen LogP contribution is -2.27. The van der Waals surface area contributed by atoms with E-state index in [4.69, 9.17) is 19.2 Å². The molecule has 0 aromatic heterocycles. The minimum Gasteiger partial charge on any atom is -0.458 e. The Kier molecular flexibility index (Phi) is 8.85. The second kappa shape index (κ2) is 11.4. The molecule has 2 aromatic carbocycles. The molecule has 0 saturated heterocycles. The number of rotatable bonds is 10. The molecule has 2 aromatic rings. The highest BCUT2D eigenvalue weighted by molar-refractivity contribution is 6.12. The molecule has 0 heterocycles. The van der Waals surface area contributed by atoms with Crippen LogP contribution in [-0.2, 0) is 19.0 Å². The zero-order chi connectivity index (χ0) is 20.2. The molecule has 0 saturated carbocycles. The summed E-state index contributed by atoms with van der Waals surface area (Å²) in [5.74, 6) is -0.368. The number of carbonyl (C=O) groups excluding carboxylic acids is 1. The Hall–Kier alpha value is -2.50.